The lowest BCUT2D eigenvalue weighted by molar-refractivity contribution is -0.120. The molecule has 2 amide bonds. The van der Waals surface area contributed by atoms with E-state index in [1.807, 2.05) is 31.2 Å². The van der Waals surface area contributed by atoms with Gasteiger partial charge in [-0.2, -0.15) is 8.78 Å². The lowest BCUT2D eigenvalue weighted by Crippen LogP contribution is -2.29. The first-order valence-corrected chi connectivity index (χ1v) is 8.90. The van der Waals surface area contributed by atoms with Crippen molar-refractivity contribution in [2.75, 3.05) is 5.32 Å². The molecule has 4 nitrogen and oxygen atoms in total. The van der Waals surface area contributed by atoms with E-state index >= 15 is 0 Å². The Balaban J connectivity index is 2.02. The van der Waals surface area contributed by atoms with Crippen LogP contribution in [0.5, 0.6) is 0 Å². The van der Waals surface area contributed by atoms with Gasteiger partial charge in [0.15, 0.2) is 0 Å². The number of carbonyl (C=O) groups is 2. The molecule has 7 heteroatoms. The van der Waals surface area contributed by atoms with Gasteiger partial charge in [0.2, 0.25) is 11.8 Å². The minimum atomic E-state index is -2.48. The van der Waals surface area contributed by atoms with Crippen molar-refractivity contribution >= 4 is 29.3 Å². The van der Waals surface area contributed by atoms with Crippen LogP contribution >= 0.6 is 11.8 Å². The summed E-state index contributed by atoms with van der Waals surface area (Å²) in [5, 5.41) is 5.50. The number of amides is 2. The molecule has 2 aromatic rings. The van der Waals surface area contributed by atoms with E-state index in [1.165, 1.54) is 19.1 Å². The molecule has 0 aliphatic heterocycles. The minimum Gasteiger partial charge on any atom is -0.349 e. The number of rotatable bonds is 7. The molecule has 0 spiro atoms. The normalized spacial score (nSPS) is 11.9. The Hall–Kier alpha value is -2.41. The summed E-state index contributed by atoms with van der Waals surface area (Å²) in [7, 11) is 0. The van der Waals surface area contributed by atoms with E-state index in [2.05, 4.69) is 10.6 Å². The second-order valence-corrected chi connectivity index (χ2v) is 6.88. The minimum absolute atomic E-state index is 0.0657. The molecule has 0 saturated heterocycles. The number of halogens is 2. The van der Waals surface area contributed by atoms with E-state index < -0.39 is 11.8 Å². The molecule has 0 aliphatic carbocycles. The van der Waals surface area contributed by atoms with Crippen molar-refractivity contribution < 1.29 is 18.4 Å². The Morgan fingerprint density at radius 3 is 2.19 bits per heavy atom. The molecule has 1 atom stereocenters. The number of carbonyl (C=O) groups excluding carboxylic acids is 2. The molecule has 0 saturated carbocycles. The van der Waals surface area contributed by atoms with E-state index in [0.29, 0.717) is 22.3 Å². The van der Waals surface area contributed by atoms with E-state index in [4.69, 9.17) is 0 Å². The molecule has 2 rings (SSSR count). The summed E-state index contributed by atoms with van der Waals surface area (Å²) >= 11 is 0.448. The fourth-order valence-corrected chi connectivity index (χ4v) is 2.91. The maximum atomic E-state index is 12.3. The van der Waals surface area contributed by atoms with Gasteiger partial charge in [-0.25, -0.2) is 0 Å². The third-order valence-corrected chi connectivity index (χ3v) is 4.33. The number of anilines is 1. The molecular weight excluding hydrogens is 358 g/mol. The summed E-state index contributed by atoms with van der Waals surface area (Å²) in [4.78, 5) is 24.2. The van der Waals surface area contributed by atoms with Gasteiger partial charge in [0.1, 0.15) is 0 Å². The summed E-state index contributed by atoms with van der Waals surface area (Å²) in [6.07, 6.45) is 0.0657. The zero-order valence-electron chi connectivity index (χ0n) is 14.5. The van der Waals surface area contributed by atoms with Crippen molar-refractivity contribution in [2.24, 2.45) is 0 Å². The van der Waals surface area contributed by atoms with Gasteiger partial charge < -0.3 is 10.6 Å². The maximum Gasteiger partial charge on any atom is 0.288 e. The zero-order valence-corrected chi connectivity index (χ0v) is 15.3. The fraction of sp³-hybridized carbons (Fsp3) is 0.263. The SMILES string of the molecule is CC(=O)NC(CC(=O)Nc1ccc(SC(F)F)cc1)c1ccc(C)cc1. The monoisotopic (exact) mass is 378 g/mol. The number of benzene rings is 2. The highest BCUT2D eigenvalue weighted by Crippen LogP contribution is 2.26. The number of nitrogens with one attached hydrogen (secondary N) is 2. The maximum absolute atomic E-state index is 12.3. The average molecular weight is 378 g/mol. The van der Waals surface area contributed by atoms with Crippen LogP contribution in [0.4, 0.5) is 14.5 Å². The highest BCUT2D eigenvalue weighted by atomic mass is 32.2. The largest absolute Gasteiger partial charge is 0.349 e. The number of aryl methyl sites for hydroxylation is 1. The standard InChI is InChI=1S/C19H20F2N2O2S/c1-12-3-5-14(6-4-12)17(22-13(2)24)11-18(25)23-15-7-9-16(10-8-15)26-19(20)21/h3-10,17,19H,11H2,1-2H3,(H,22,24)(H,23,25). The number of hydrogen-bond donors (Lipinski definition) is 2. The van der Waals surface area contributed by atoms with Crippen LogP contribution in [0.25, 0.3) is 0 Å². The van der Waals surface area contributed by atoms with E-state index in [-0.39, 0.29) is 18.2 Å². The molecular formula is C19H20F2N2O2S. The van der Waals surface area contributed by atoms with Crippen LogP contribution in [0, 0.1) is 6.92 Å². The lowest BCUT2D eigenvalue weighted by atomic mass is 10.0. The first kappa shape index (κ1) is 19.9. The highest BCUT2D eigenvalue weighted by molar-refractivity contribution is 7.99. The lowest BCUT2D eigenvalue weighted by Gasteiger charge is -2.18. The van der Waals surface area contributed by atoms with Crippen LogP contribution in [0.3, 0.4) is 0 Å². The topological polar surface area (TPSA) is 58.2 Å². The predicted molar refractivity (Wildman–Crippen MR) is 99.3 cm³/mol. The molecule has 2 aromatic carbocycles. The van der Waals surface area contributed by atoms with Crippen molar-refractivity contribution in [3.05, 3.63) is 59.7 Å². The summed E-state index contributed by atoms with van der Waals surface area (Å²) in [6, 6.07) is 13.3. The van der Waals surface area contributed by atoms with Crippen LogP contribution in [-0.4, -0.2) is 17.6 Å². The average Bonchev–Trinajstić information content (AvgIpc) is 2.56. The molecule has 1 unspecified atom stereocenters. The van der Waals surface area contributed by atoms with Crippen LogP contribution in [0.15, 0.2) is 53.4 Å². The molecule has 0 bridgehead atoms. The molecule has 0 fully saturated rings. The second kappa shape index (κ2) is 9.33. The van der Waals surface area contributed by atoms with Gasteiger partial charge in [-0.15, -0.1) is 0 Å². The Morgan fingerprint density at radius 1 is 1.04 bits per heavy atom. The first-order valence-electron chi connectivity index (χ1n) is 8.02. The molecule has 0 heterocycles. The van der Waals surface area contributed by atoms with Crippen molar-refractivity contribution in [3.63, 3.8) is 0 Å². The van der Waals surface area contributed by atoms with Gasteiger partial charge in [-0.3, -0.25) is 9.59 Å². The number of hydrogen-bond acceptors (Lipinski definition) is 3. The van der Waals surface area contributed by atoms with Crippen molar-refractivity contribution in [1.82, 2.24) is 5.32 Å². The fourth-order valence-electron chi connectivity index (χ4n) is 2.41. The quantitative estimate of drug-likeness (QED) is 0.697. The summed E-state index contributed by atoms with van der Waals surface area (Å²) in [5.74, 6) is -2.99. The number of thioether (sulfide) groups is 1. The molecule has 138 valence electrons. The van der Waals surface area contributed by atoms with Gasteiger partial charge in [0, 0.05) is 17.5 Å². The second-order valence-electron chi connectivity index (χ2n) is 5.82. The van der Waals surface area contributed by atoms with Crippen LogP contribution in [0.1, 0.15) is 30.5 Å². The Morgan fingerprint density at radius 2 is 1.65 bits per heavy atom. The Kier molecular flexibility index (Phi) is 7.15. The highest BCUT2D eigenvalue weighted by Gasteiger charge is 2.17. The summed E-state index contributed by atoms with van der Waals surface area (Å²) in [6.45, 7) is 3.36. The zero-order chi connectivity index (χ0) is 19.1. The van der Waals surface area contributed by atoms with E-state index in [1.54, 1.807) is 12.1 Å². The van der Waals surface area contributed by atoms with Gasteiger partial charge in [0.05, 0.1) is 12.5 Å². The third-order valence-electron chi connectivity index (χ3n) is 3.61. The predicted octanol–water partition coefficient (Wildman–Crippen LogP) is 4.52. The van der Waals surface area contributed by atoms with Gasteiger partial charge >= 0.3 is 0 Å². The van der Waals surface area contributed by atoms with Gasteiger partial charge in [-0.05, 0) is 36.8 Å². The number of alkyl halides is 2. The summed E-state index contributed by atoms with van der Waals surface area (Å²) in [5.41, 5.74) is 2.44. The van der Waals surface area contributed by atoms with Crippen LogP contribution in [0.2, 0.25) is 0 Å². The van der Waals surface area contributed by atoms with Gasteiger partial charge in [0.25, 0.3) is 5.76 Å². The molecule has 0 aromatic heterocycles. The molecule has 0 aliphatic rings. The van der Waals surface area contributed by atoms with Crippen LogP contribution < -0.4 is 10.6 Å². The molecule has 26 heavy (non-hydrogen) atoms. The first-order chi connectivity index (χ1) is 12.3. The Labute approximate surface area is 155 Å². The smallest absolute Gasteiger partial charge is 0.288 e. The van der Waals surface area contributed by atoms with Gasteiger partial charge in [-0.1, -0.05) is 41.6 Å². The van der Waals surface area contributed by atoms with Crippen molar-refractivity contribution in [1.29, 1.82) is 0 Å². The molecule has 0 radical (unpaired) electrons. The molecule has 2 N–H and O–H groups in total. The Bertz CT molecular complexity index is 749. The third kappa shape index (κ3) is 6.48. The summed E-state index contributed by atoms with van der Waals surface area (Å²) < 4.78 is 24.6. The van der Waals surface area contributed by atoms with E-state index in [0.717, 1.165) is 11.1 Å². The van der Waals surface area contributed by atoms with E-state index in [9.17, 15) is 18.4 Å². The van der Waals surface area contributed by atoms with Crippen LogP contribution in [-0.2, 0) is 9.59 Å². The van der Waals surface area contributed by atoms with Crippen molar-refractivity contribution in [2.45, 2.75) is 37.0 Å². The van der Waals surface area contributed by atoms with Crippen molar-refractivity contribution in [3.8, 4) is 0 Å².